The van der Waals surface area contributed by atoms with E-state index in [4.69, 9.17) is 17.3 Å². The minimum atomic E-state index is -0.558. The van der Waals surface area contributed by atoms with Crippen LogP contribution in [-0.4, -0.2) is 11.9 Å². The summed E-state index contributed by atoms with van der Waals surface area (Å²) in [5, 5.41) is 2.51. The van der Waals surface area contributed by atoms with Gasteiger partial charge in [0.15, 0.2) is 0 Å². The first-order valence-electron chi connectivity index (χ1n) is 4.61. The summed E-state index contributed by atoms with van der Waals surface area (Å²) in [6.45, 7) is 0. The van der Waals surface area contributed by atoms with Crippen LogP contribution in [0.4, 0.5) is 10.5 Å². The van der Waals surface area contributed by atoms with Gasteiger partial charge >= 0.3 is 6.03 Å². The fourth-order valence-electron chi connectivity index (χ4n) is 1.14. The van der Waals surface area contributed by atoms with E-state index in [1.54, 1.807) is 6.07 Å². The van der Waals surface area contributed by atoms with Gasteiger partial charge in [-0.2, -0.15) is 0 Å². The van der Waals surface area contributed by atoms with Crippen LogP contribution in [0.25, 0.3) is 6.08 Å². The smallest absolute Gasteiger partial charge is 0.316 e. The monoisotopic (exact) mass is 224 g/mol. The third kappa shape index (κ3) is 4.51. The zero-order valence-electron chi connectivity index (χ0n) is 8.24. The van der Waals surface area contributed by atoms with Crippen molar-refractivity contribution in [3.8, 4) is 0 Å². The Balaban J connectivity index is 2.69. The number of amides is 2. The van der Waals surface area contributed by atoms with E-state index in [0.717, 1.165) is 12.0 Å². The van der Waals surface area contributed by atoms with Crippen molar-refractivity contribution >= 4 is 29.4 Å². The Bertz CT molecular complexity index is 363. The van der Waals surface area contributed by atoms with Gasteiger partial charge in [0, 0.05) is 11.6 Å². The summed E-state index contributed by atoms with van der Waals surface area (Å²) in [5.74, 6) is 0.607. The van der Waals surface area contributed by atoms with Gasteiger partial charge in [-0.1, -0.05) is 24.3 Å². The normalized spacial score (nSPS) is 10.5. The Hall–Kier alpha value is -1.48. The third-order valence-corrected chi connectivity index (χ3v) is 1.96. The number of anilines is 1. The number of urea groups is 1. The number of carbonyl (C=O) groups excluding carboxylic acids is 1. The Morgan fingerprint density at radius 1 is 1.53 bits per heavy atom. The Morgan fingerprint density at radius 3 is 3.00 bits per heavy atom. The molecule has 80 valence electrons. The second-order valence-corrected chi connectivity index (χ2v) is 3.37. The number of rotatable bonds is 4. The van der Waals surface area contributed by atoms with E-state index in [0.29, 0.717) is 11.6 Å². The lowest BCUT2D eigenvalue weighted by molar-refractivity contribution is 0.259. The quantitative estimate of drug-likeness (QED) is 0.760. The average molecular weight is 225 g/mol. The minimum absolute atomic E-state index is 0.558. The van der Waals surface area contributed by atoms with E-state index in [1.165, 1.54) is 0 Å². The lowest BCUT2D eigenvalue weighted by atomic mass is 10.2. The fraction of sp³-hybridized carbons (Fsp3) is 0.182. The van der Waals surface area contributed by atoms with Crippen LogP contribution in [0.15, 0.2) is 30.3 Å². The summed E-state index contributed by atoms with van der Waals surface area (Å²) in [5.41, 5.74) is 6.71. The molecule has 1 aromatic carbocycles. The summed E-state index contributed by atoms with van der Waals surface area (Å²) < 4.78 is 0. The molecule has 1 rings (SSSR count). The van der Waals surface area contributed by atoms with Crippen LogP contribution in [0.2, 0.25) is 0 Å². The number of alkyl halides is 1. The van der Waals surface area contributed by atoms with Gasteiger partial charge in [-0.25, -0.2) is 4.79 Å². The van der Waals surface area contributed by atoms with Gasteiger partial charge in [-0.05, 0) is 24.1 Å². The van der Waals surface area contributed by atoms with Gasteiger partial charge in [0.25, 0.3) is 0 Å². The maximum atomic E-state index is 10.6. The van der Waals surface area contributed by atoms with E-state index in [-0.39, 0.29) is 0 Å². The first kappa shape index (κ1) is 11.6. The molecule has 2 amide bonds. The summed E-state index contributed by atoms with van der Waals surface area (Å²) in [6.07, 6.45) is 4.76. The number of carbonyl (C=O) groups is 1. The van der Waals surface area contributed by atoms with Crippen LogP contribution >= 0.6 is 11.6 Å². The van der Waals surface area contributed by atoms with E-state index in [9.17, 15) is 4.79 Å². The average Bonchev–Trinajstić information content (AvgIpc) is 2.18. The second kappa shape index (κ2) is 6.09. The minimum Gasteiger partial charge on any atom is -0.351 e. The van der Waals surface area contributed by atoms with Crippen molar-refractivity contribution in [3.63, 3.8) is 0 Å². The number of nitrogens with one attached hydrogen (secondary N) is 1. The molecule has 0 spiro atoms. The van der Waals surface area contributed by atoms with Crippen molar-refractivity contribution in [1.82, 2.24) is 0 Å². The number of benzene rings is 1. The highest BCUT2D eigenvalue weighted by molar-refractivity contribution is 6.17. The molecule has 0 saturated carbocycles. The SMILES string of the molecule is NC(=O)Nc1cccc(C=CCCCl)c1. The number of halogens is 1. The predicted molar refractivity (Wildman–Crippen MR) is 64.0 cm³/mol. The molecule has 0 saturated heterocycles. The number of primary amides is 1. The molecule has 3 nitrogen and oxygen atoms in total. The van der Waals surface area contributed by atoms with Crippen LogP contribution in [0.1, 0.15) is 12.0 Å². The van der Waals surface area contributed by atoms with E-state index in [1.807, 2.05) is 30.4 Å². The van der Waals surface area contributed by atoms with Gasteiger partial charge in [-0.15, -0.1) is 11.6 Å². The summed E-state index contributed by atoms with van der Waals surface area (Å²) in [7, 11) is 0. The van der Waals surface area contributed by atoms with Gasteiger partial charge in [-0.3, -0.25) is 0 Å². The molecule has 3 N–H and O–H groups in total. The zero-order chi connectivity index (χ0) is 11.1. The third-order valence-electron chi connectivity index (χ3n) is 1.74. The van der Waals surface area contributed by atoms with Crippen molar-refractivity contribution in [1.29, 1.82) is 0 Å². The van der Waals surface area contributed by atoms with Crippen LogP contribution in [0.5, 0.6) is 0 Å². The largest absolute Gasteiger partial charge is 0.351 e. The molecular weight excluding hydrogens is 212 g/mol. The molecule has 0 bridgehead atoms. The van der Waals surface area contributed by atoms with Crippen molar-refractivity contribution in [2.45, 2.75) is 6.42 Å². The standard InChI is InChI=1S/C11H13ClN2O/c12-7-2-1-4-9-5-3-6-10(8-9)14-11(13)15/h1,3-6,8H,2,7H2,(H3,13,14,15). The number of hydrogen-bond donors (Lipinski definition) is 2. The molecule has 0 aromatic heterocycles. The van der Waals surface area contributed by atoms with Crippen LogP contribution in [0.3, 0.4) is 0 Å². The Labute approximate surface area is 93.9 Å². The molecule has 0 aliphatic heterocycles. The van der Waals surface area contributed by atoms with E-state index >= 15 is 0 Å². The van der Waals surface area contributed by atoms with E-state index in [2.05, 4.69) is 5.32 Å². The predicted octanol–water partition coefficient (Wildman–Crippen LogP) is 2.82. The van der Waals surface area contributed by atoms with Gasteiger partial charge < -0.3 is 11.1 Å². The van der Waals surface area contributed by atoms with Crippen LogP contribution in [-0.2, 0) is 0 Å². The van der Waals surface area contributed by atoms with Crippen LogP contribution < -0.4 is 11.1 Å². The Morgan fingerprint density at radius 2 is 2.33 bits per heavy atom. The highest BCUT2D eigenvalue weighted by Crippen LogP contribution is 2.11. The number of nitrogens with two attached hydrogens (primary N) is 1. The van der Waals surface area contributed by atoms with Gasteiger partial charge in [0.05, 0.1) is 0 Å². The number of allylic oxidation sites excluding steroid dienone is 1. The molecule has 0 heterocycles. The first-order chi connectivity index (χ1) is 7.22. The molecule has 1 aromatic rings. The van der Waals surface area contributed by atoms with Crippen molar-refractivity contribution in [2.24, 2.45) is 5.73 Å². The molecule has 4 heteroatoms. The fourth-order valence-corrected chi connectivity index (χ4v) is 1.27. The lowest BCUT2D eigenvalue weighted by Gasteiger charge is -2.01. The Kier molecular flexibility index (Phi) is 4.71. The summed E-state index contributed by atoms with van der Waals surface area (Å²) in [4.78, 5) is 10.6. The summed E-state index contributed by atoms with van der Waals surface area (Å²) in [6, 6.07) is 6.86. The second-order valence-electron chi connectivity index (χ2n) is 2.99. The molecule has 0 aliphatic rings. The maximum Gasteiger partial charge on any atom is 0.316 e. The molecule has 0 unspecified atom stereocenters. The van der Waals surface area contributed by atoms with Gasteiger partial charge in [0.2, 0.25) is 0 Å². The molecule has 0 fully saturated rings. The van der Waals surface area contributed by atoms with E-state index < -0.39 is 6.03 Å². The highest BCUT2D eigenvalue weighted by Gasteiger charge is 1.95. The lowest BCUT2D eigenvalue weighted by Crippen LogP contribution is -2.19. The molecule has 15 heavy (non-hydrogen) atoms. The topological polar surface area (TPSA) is 55.1 Å². The molecule has 0 aliphatic carbocycles. The number of hydrogen-bond acceptors (Lipinski definition) is 1. The zero-order valence-corrected chi connectivity index (χ0v) is 9.00. The maximum absolute atomic E-state index is 10.6. The highest BCUT2D eigenvalue weighted by atomic mass is 35.5. The molecule has 0 atom stereocenters. The molecule has 0 radical (unpaired) electrons. The van der Waals surface area contributed by atoms with Crippen molar-refractivity contribution in [3.05, 3.63) is 35.9 Å². The molecular formula is C11H13ClN2O. The first-order valence-corrected chi connectivity index (χ1v) is 5.15. The van der Waals surface area contributed by atoms with Crippen LogP contribution in [0, 0.1) is 0 Å². The van der Waals surface area contributed by atoms with Crippen molar-refractivity contribution in [2.75, 3.05) is 11.2 Å². The van der Waals surface area contributed by atoms with Gasteiger partial charge in [0.1, 0.15) is 0 Å². The van der Waals surface area contributed by atoms with Crippen molar-refractivity contribution < 1.29 is 4.79 Å². The summed E-state index contributed by atoms with van der Waals surface area (Å²) >= 11 is 5.54.